The number of aromatic nitrogens is 2. The molecule has 0 saturated heterocycles. The summed E-state index contributed by atoms with van der Waals surface area (Å²) in [6.07, 6.45) is -0.771. The van der Waals surface area contributed by atoms with E-state index in [1.165, 1.54) is 18.0 Å². The highest BCUT2D eigenvalue weighted by Gasteiger charge is 2.33. The van der Waals surface area contributed by atoms with Gasteiger partial charge in [-0.25, -0.2) is 4.79 Å². The summed E-state index contributed by atoms with van der Waals surface area (Å²) < 4.78 is 43.8. The zero-order chi connectivity index (χ0) is 20.3. The van der Waals surface area contributed by atoms with Gasteiger partial charge in [0.15, 0.2) is 0 Å². The molecule has 0 bridgehead atoms. The Hall–Kier alpha value is -3.13. The Morgan fingerprint density at radius 3 is 2.43 bits per heavy atom. The average Bonchev–Trinajstić information content (AvgIpc) is 2.69. The van der Waals surface area contributed by atoms with E-state index in [1.807, 2.05) is 0 Å². The van der Waals surface area contributed by atoms with Crippen molar-refractivity contribution in [3.63, 3.8) is 0 Å². The number of anilines is 1. The number of ether oxygens (including phenoxy) is 1. The number of halogens is 4. The number of rotatable bonds is 3. The standard InChI is InChI=1S/C19H13ClF3N3O2/c1-26(13-4-2-12(3-5-13)17-11-24-8-9-25-17)18(27)28-14-6-7-16(20)15(10-14)19(21,22)23/h2-11H,1H3. The first-order chi connectivity index (χ1) is 13.3. The lowest BCUT2D eigenvalue weighted by Crippen LogP contribution is -2.29. The molecule has 28 heavy (non-hydrogen) atoms. The van der Waals surface area contributed by atoms with Crippen molar-refractivity contribution < 1.29 is 22.7 Å². The highest BCUT2D eigenvalue weighted by Crippen LogP contribution is 2.36. The van der Waals surface area contributed by atoms with Crippen molar-refractivity contribution in [3.05, 3.63) is 71.6 Å². The molecule has 0 aliphatic rings. The summed E-state index contributed by atoms with van der Waals surface area (Å²) in [5.74, 6) is -0.259. The smallest absolute Gasteiger partial charge is 0.410 e. The molecule has 0 spiro atoms. The van der Waals surface area contributed by atoms with Gasteiger partial charge in [-0.05, 0) is 30.3 Å². The van der Waals surface area contributed by atoms with Crippen molar-refractivity contribution in [2.75, 3.05) is 11.9 Å². The Kier molecular flexibility index (Phi) is 5.51. The maximum Gasteiger partial charge on any atom is 0.419 e. The molecule has 0 unspecified atom stereocenters. The van der Waals surface area contributed by atoms with Crippen LogP contribution in [0.4, 0.5) is 23.7 Å². The summed E-state index contributed by atoms with van der Waals surface area (Å²) in [6, 6.07) is 9.72. The summed E-state index contributed by atoms with van der Waals surface area (Å²) in [7, 11) is 1.44. The lowest BCUT2D eigenvalue weighted by Gasteiger charge is -2.18. The predicted octanol–water partition coefficient (Wildman–Crippen LogP) is 5.45. The number of carbonyl (C=O) groups excluding carboxylic acids is 1. The number of hydrogen-bond acceptors (Lipinski definition) is 4. The first-order valence-electron chi connectivity index (χ1n) is 7.94. The molecule has 0 aliphatic heterocycles. The van der Waals surface area contributed by atoms with Crippen LogP contribution in [0.25, 0.3) is 11.3 Å². The average molecular weight is 408 g/mol. The molecule has 0 fully saturated rings. The number of amides is 1. The molecule has 1 heterocycles. The number of nitrogens with zero attached hydrogens (tertiary/aromatic N) is 3. The molecule has 0 aliphatic carbocycles. The van der Waals surface area contributed by atoms with Crippen LogP contribution in [0.2, 0.25) is 5.02 Å². The summed E-state index contributed by atoms with van der Waals surface area (Å²) in [6.45, 7) is 0. The Balaban J connectivity index is 1.75. The van der Waals surface area contributed by atoms with E-state index < -0.39 is 22.9 Å². The van der Waals surface area contributed by atoms with Crippen LogP contribution in [0.1, 0.15) is 5.56 Å². The second kappa shape index (κ2) is 7.85. The predicted molar refractivity (Wildman–Crippen MR) is 98.3 cm³/mol. The molecule has 9 heteroatoms. The molecular weight excluding hydrogens is 395 g/mol. The number of alkyl halides is 3. The van der Waals surface area contributed by atoms with Crippen LogP contribution in [0.15, 0.2) is 61.1 Å². The summed E-state index contributed by atoms with van der Waals surface area (Å²) >= 11 is 5.56. The molecule has 0 N–H and O–H groups in total. The van der Waals surface area contributed by atoms with E-state index in [0.717, 1.165) is 11.6 Å². The van der Waals surface area contributed by atoms with Gasteiger partial charge >= 0.3 is 12.3 Å². The Labute approximate surface area is 163 Å². The third-order valence-electron chi connectivity index (χ3n) is 3.84. The molecule has 0 saturated carbocycles. The fourth-order valence-corrected chi connectivity index (χ4v) is 2.59. The molecule has 1 aromatic heterocycles. The van der Waals surface area contributed by atoms with Gasteiger partial charge in [0.2, 0.25) is 0 Å². The second-order valence-corrected chi connectivity index (χ2v) is 6.11. The van der Waals surface area contributed by atoms with Gasteiger partial charge in [-0.2, -0.15) is 13.2 Å². The van der Waals surface area contributed by atoms with E-state index in [9.17, 15) is 18.0 Å². The van der Waals surface area contributed by atoms with Crippen molar-refractivity contribution in [3.8, 4) is 17.0 Å². The fourth-order valence-electron chi connectivity index (χ4n) is 2.36. The van der Waals surface area contributed by atoms with Gasteiger partial charge in [-0.15, -0.1) is 0 Å². The van der Waals surface area contributed by atoms with Crippen molar-refractivity contribution in [2.45, 2.75) is 6.18 Å². The molecule has 1 amide bonds. The third-order valence-corrected chi connectivity index (χ3v) is 4.17. The molecule has 3 rings (SSSR count). The molecule has 0 atom stereocenters. The summed E-state index contributed by atoms with van der Waals surface area (Å²) in [4.78, 5) is 21.6. The Morgan fingerprint density at radius 1 is 1.11 bits per heavy atom. The van der Waals surface area contributed by atoms with Gasteiger partial charge in [0.25, 0.3) is 0 Å². The van der Waals surface area contributed by atoms with Gasteiger partial charge in [0, 0.05) is 30.7 Å². The maximum absolute atomic E-state index is 12.9. The van der Waals surface area contributed by atoms with Crippen LogP contribution < -0.4 is 9.64 Å². The molecular formula is C19H13ClF3N3O2. The molecule has 5 nitrogen and oxygen atoms in total. The summed E-state index contributed by atoms with van der Waals surface area (Å²) in [5, 5.41) is -0.472. The molecule has 144 valence electrons. The highest BCUT2D eigenvalue weighted by molar-refractivity contribution is 6.31. The van der Waals surface area contributed by atoms with Crippen LogP contribution in [-0.2, 0) is 6.18 Å². The van der Waals surface area contributed by atoms with Gasteiger partial charge in [-0.3, -0.25) is 14.9 Å². The highest BCUT2D eigenvalue weighted by atomic mass is 35.5. The minimum atomic E-state index is -4.65. The van der Waals surface area contributed by atoms with E-state index in [-0.39, 0.29) is 5.75 Å². The van der Waals surface area contributed by atoms with E-state index in [2.05, 4.69) is 9.97 Å². The quantitative estimate of drug-likeness (QED) is 0.579. The Bertz CT molecular complexity index is 980. The number of carbonyl (C=O) groups is 1. The summed E-state index contributed by atoms with van der Waals surface area (Å²) in [5.41, 5.74) is 0.879. The van der Waals surface area contributed by atoms with E-state index in [1.54, 1.807) is 42.9 Å². The van der Waals surface area contributed by atoms with Crippen LogP contribution >= 0.6 is 11.6 Å². The minimum absolute atomic E-state index is 0.259. The molecule has 2 aromatic carbocycles. The molecule has 3 aromatic rings. The number of hydrogen-bond donors (Lipinski definition) is 0. The van der Waals surface area contributed by atoms with Gasteiger partial charge in [0.05, 0.1) is 22.5 Å². The topological polar surface area (TPSA) is 55.3 Å². The first-order valence-corrected chi connectivity index (χ1v) is 8.32. The monoisotopic (exact) mass is 407 g/mol. The molecule has 0 radical (unpaired) electrons. The van der Waals surface area contributed by atoms with E-state index >= 15 is 0 Å². The number of benzene rings is 2. The van der Waals surface area contributed by atoms with Gasteiger partial charge in [-0.1, -0.05) is 23.7 Å². The SMILES string of the molecule is CN(C(=O)Oc1ccc(Cl)c(C(F)(F)F)c1)c1ccc(-c2cnccn2)cc1. The first kappa shape index (κ1) is 19.6. The maximum atomic E-state index is 12.9. The zero-order valence-electron chi connectivity index (χ0n) is 14.4. The van der Waals surface area contributed by atoms with E-state index in [4.69, 9.17) is 16.3 Å². The third kappa shape index (κ3) is 4.40. The second-order valence-electron chi connectivity index (χ2n) is 5.70. The van der Waals surface area contributed by atoms with Crippen LogP contribution in [-0.4, -0.2) is 23.1 Å². The normalized spacial score (nSPS) is 11.2. The van der Waals surface area contributed by atoms with Crippen LogP contribution in [0, 0.1) is 0 Å². The van der Waals surface area contributed by atoms with Crippen molar-refractivity contribution in [2.24, 2.45) is 0 Å². The van der Waals surface area contributed by atoms with Gasteiger partial charge in [0.1, 0.15) is 5.75 Å². The lowest BCUT2D eigenvalue weighted by atomic mass is 10.1. The van der Waals surface area contributed by atoms with Crippen molar-refractivity contribution in [1.29, 1.82) is 0 Å². The van der Waals surface area contributed by atoms with Crippen molar-refractivity contribution >= 4 is 23.4 Å². The largest absolute Gasteiger partial charge is 0.419 e. The van der Waals surface area contributed by atoms with Crippen LogP contribution in [0.3, 0.4) is 0 Å². The fraction of sp³-hybridized carbons (Fsp3) is 0.105. The van der Waals surface area contributed by atoms with Crippen molar-refractivity contribution in [1.82, 2.24) is 9.97 Å². The Morgan fingerprint density at radius 2 is 1.82 bits per heavy atom. The van der Waals surface area contributed by atoms with Crippen LogP contribution in [0.5, 0.6) is 5.75 Å². The van der Waals surface area contributed by atoms with Gasteiger partial charge < -0.3 is 4.74 Å². The zero-order valence-corrected chi connectivity index (χ0v) is 15.2. The van der Waals surface area contributed by atoms with E-state index in [0.29, 0.717) is 17.4 Å². The lowest BCUT2D eigenvalue weighted by molar-refractivity contribution is -0.137. The minimum Gasteiger partial charge on any atom is -0.410 e.